The van der Waals surface area contributed by atoms with Gasteiger partial charge in [0, 0.05) is 19.1 Å². The summed E-state index contributed by atoms with van der Waals surface area (Å²) in [7, 11) is 0. The number of aryl methyl sites for hydroxylation is 1. The van der Waals surface area contributed by atoms with Crippen molar-refractivity contribution in [1.29, 1.82) is 0 Å². The van der Waals surface area contributed by atoms with E-state index in [1.807, 2.05) is 0 Å². The number of fused-ring (bicyclic) bond motifs is 1. The van der Waals surface area contributed by atoms with E-state index in [-0.39, 0.29) is 0 Å². The standard InChI is InChI=1S/C28H31NO/c1-22(2)29(21-24-14-17-27-11-7-19-30-28(27)20-24)18-6-8-23-12-15-26(16-13-23)25-9-4-3-5-10-25/h3-6,8-10,12-17,20,22H,7,11,18-19,21H2,1-2H3. The summed E-state index contributed by atoms with van der Waals surface area (Å²) >= 11 is 0. The van der Waals surface area contributed by atoms with E-state index in [2.05, 4.69) is 104 Å². The molecular weight excluding hydrogens is 366 g/mol. The lowest BCUT2D eigenvalue weighted by atomic mass is 10.0. The van der Waals surface area contributed by atoms with Gasteiger partial charge in [0.1, 0.15) is 5.75 Å². The highest BCUT2D eigenvalue weighted by molar-refractivity contribution is 5.65. The van der Waals surface area contributed by atoms with Crippen molar-refractivity contribution in [3.8, 4) is 16.9 Å². The molecule has 0 N–H and O–H groups in total. The van der Waals surface area contributed by atoms with Gasteiger partial charge in [-0.1, -0.05) is 78.9 Å². The number of rotatable bonds is 7. The van der Waals surface area contributed by atoms with Crippen LogP contribution in [0, 0.1) is 0 Å². The lowest BCUT2D eigenvalue weighted by molar-refractivity contribution is 0.236. The minimum atomic E-state index is 0.479. The Morgan fingerprint density at radius 3 is 2.47 bits per heavy atom. The lowest BCUT2D eigenvalue weighted by Gasteiger charge is -2.26. The van der Waals surface area contributed by atoms with E-state index in [0.29, 0.717) is 6.04 Å². The minimum absolute atomic E-state index is 0.479. The Balaban J connectivity index is 1.38. The van der Waals surface area contributed by atoms with Gasteiger partial charge in [-0.25, -0.2) is 0 Å². The SMILES string of the molecule is CC(C)N(CC=Cc1ccc(-c2ccccc2)cc1)Cc1ccc2c(c1)OCCC2. The molecular formula is C28H31NO. The molecule has 1 aliphatic heterocycles. The van der Waals surface area contributed by atoms with E-state index in [9.17, 15) is 0 Å². The summed E-state index contributed by atoms with van der Waals surface area (Å²) in [6.07, 6.45) is 6.75. The van der Waals surface area contributed by atoms with Crippen molar-refractivity contribution in [2.45, 2.75) is 39.3 Å². The van der Waals surface area contributed by atoms with E-state index in [0.717, 1.165) is 38.3 Å². The quantitative estimate of drug-likeness (QED) is 0.445. The molecule has 0 bridgehead atoms. The molecule has 2 heteroatoms. The smallest absolute Gasteiger partial charge is 0.122 e. The van der Waals surface area contributed by atoms with Crippen LogP contribution in [0.15, 0.2) is 78.9 Å². The van der Waals surface area contributed by atoms with Gasteiger partial charge in [0.25, 0.3) is 0 Å². The zero-order valence-electron chi connectivity index (χ0n) is 18.1. The monoisotopic (exact) mass is 397 g/mol. The van der Waals surface area contributed by atoms with E-state index in [1.54, 1.807) is 0 Å². The van der Waals surface area contributed by atoms with E-state index < -0.39 is 0 Å². The van der Waals surface area contributed by atoms with Crippen LogP contribution in [-0.2, 0) is 13.0 Å². The molecule has 0 amide bonds. The summed E-state index contributed by atoms with van der Waals surface area (Å²) in [6.45, 7) is 7.23. The molecule has 4 rings (SSSR count). The van der Waals surface area contributed by atoms with Gasteiger partial charge in [0.15, 0.2) is 0 Å². The second kappa shape index (κ2) is 9.77. The van der Waals surface area contributed by atoms with Gasteiger partial charge in [-0.3, -0.25) is 4.90 Å². The fraction of sp³-hybridized carbons (Fsp3) is 0.286. The molecule has 30 heavy (non-hydrogen) atoms. The van der Waals surface area contributed by atoms with E-state index in [4.69, 9.17) is 4.74 Å². The first-order chi connectivity index (χ1) is 14.7. The lowest BCUT2D eigenvalue weighted by Crippen LogP contribution is -2.30. The summed E-state index contributed by atoms with van der Waals surface area (Å²) in [4.78, 5) is 2.49. The predicted molar refractivity (Wildman–Crippen MR) is 127 cm³/mol. The van der Waals surface area contributed by atoms with Crippen LogP contribution in [0.1, 0.15) is 37.0 Å². The molecule has 0 saturated heterocycles. The molecule has 0 aliphatic carbocycles. The number of hydrogen-bond donors (Lipinski definition) is 0. The molecule has 0 radical (unpaired) electrons. The maximum absolute atomic E-state index is 5.85. The second-order valence-corrected chi connectivity index (χ2v) is 8.31. The zero-order chi connectivity index (χ0) is 20.8. The third-order valence-electron chi connectivity index (χ3n) is 5.76. The van der Waals surface area contributed by atoms with Crippen molar-refractivity contribution in [2.24, 2.45) is 0 Å². The Morgan fingerprint density at radius 2 is 1.70 bits per heavy atom. The molecule has 1 heterocycles. The highest BCUT2D eigenvalue weighted by Crippen LogP contribution is 2.26. The third-order valence-corrected chi connectivity index (χ3v) is 5.76. The Hall–Kier alpha value is -2.84. The van der Waals surface area contributed by atoms with Gasteiger partial charge in [-0.2, -0.15) is 0 Å². The maximum atomic E-state index is 5.85. The molecule has 1 aliphatic rings. The first-order valence-corrected chi connectivity index (χ1v) is 11.0. The van der Waals surface area contributed by atoms with Crippen molar-refractivity contribution in [3.05, 3.63) is 95.6 Å². The van der Waals surface area contributed by atoms with Crippen molar-refractivity contribution in [1.82, 2.24) is 4.90 Å². The van der Waals surface area contributed by atoms with Gasteiger partial charge in [0.2, 0.25) is 0 Å². The van der Waals surface area contributed by atoms with Crippen LogP contribution in [-0.4, -0.2) is 24.1 Å². The Kier molecular flexibility index (Phi) is 6.66. The van der Waals surface area contributed by atoms with Crippen LogP contribution in [0.2, 0.25) is 0 Å². The first-order valence-electron chi connectivity index (χ1n) is 11.0. The molecule has 0 spiro atoms. The van der Waals surface area contributed by atoms with Crippen LogP contribution in [0.25, 0.3) is 17.2 Å². The number of nitrogens with zero attached hydrogens (tertiary/aromatic N) is 1. The summed E-state index contributed by atoms with van der Waals surface area (Å²) in [6, 6.07) is 26.5. The van der Waals surface area contributed by atoms with Gasteiger partial charge in [-0.05, 0) is 60.6 Å². The molecule has 0 aromatic heterocycles. The molecule has 2 nitrogen and oxygen atoms in total. The van der Waals surface area contributed by atoms with Crippen LogP contribution in [0.3, 0.4) is 0 Å². The fourth-order valence-electron chi connectivity index (χ4n) is 3.92. The van der Waals surface area contributed by atoms with Crippen LogP contribution in [0.4, 0.5) is 0 Å². The number of benzene rings is 3. The fourth-order valence-corrected chi connectivity index (χ4v) is 3.92. The van der Waals surface area contributed by atoms with Gasteiger partial charge in [0.05, 0.1) is 6.61 Å². The van der Waals surface area contributed by atoms with Crippen LogP contribution in [0.5, 0.6) is 5.75 Å². The first kappa shape index (κ1) is 20.4. The Labute approximate surface area is 180 Å². The van der Waals surface area contributed by atoms with Gasteiger partial charge >= 0.3 is 0 Å². The predicted octanol–water partition coefficient (Wildman–Crippen LogP) is 6.60. The van der Waals surface area contributed by atoms with Gasteiger partial charge < -0.3 is 4.74 Å². The third kappa shape index (κ3) is 5.20. The molecule has 154 valence electrons. The van der Waals surface area contributed by atoms with Crippen molar-refractivity contribution in [3.63, 3.8) is 0 Å². The molecule has 0 saturated carbocycles. The number of hydrogen-bond acceptors (Lipinski definition) is 2. The largest absolute Gasteiger partial charge is 0.493 e. The van der Waals surface area contributed by atoms with Crippen molar-refractivity contribution in [2.75, 3.05) is 13.2 Å². The van der Waals surface area contributed by atoms with E-state index in [1.165, 1.54) is 27.8 Å². The Morgan fingerprint density at radius 1 is 0.933 bits per heavy atom. The molecule has 0 fully saturated rings. The summed E-state index contributed by atoms with van der Waals surface area (Å²) in [5.74, 6) is 1.08. The number of ether oxygens (including phenoxy) is 1. The molecule has 3 aromatic rings. The average molecular weight is 398 g/mol. The molecule has 3 aromatic carbocycles. The van der Waals surface area contributed by atoms with Crippen LogP contribution < -0.4 is 4.74 Å². The molecule has 0 unspecified atom stereocenters. The van der Waals surface area contributed by atoms with Crippen LogP contribution >= 0.6 is 0 Å². The minimum Gasteiger partial charge on any atom is -0.493 e. The summed E-state index contributed by atoms with van der Waals surface area (Å²) in [5.41, 5.74) is 6.42. The summed E-state index contributed by atoms with van der Waals surface area (Å²) < 4.78 is 5.85. The van der Waals surface area contributed by atoms with Crippen molar-refractivity contribution < 1.29 is 4.74 Å². The molecule has 0 atom stereocenters. The highest BCUT2D eigenvalue weighted by atomic mass is 16.5. The van der Waals surface area contributed by atoms with E-state index >= 15 is 0 Å². The maximum Gasteiger partial charge on any atom is 0.122 e. The Bertz CT molecular complexity index is 973. The average Bonchev–Trinajstić information content (AvgIpc) is 2.79. The normalized spacial score (nSPS) is 13.6. The topological polar surface area (TPSA) is 12.5 Å². The summed E-state index contributed by atoms with van der Waals surface area (Å²) in [5, 5.41) is 0. The van der Waals surface area contributed by atoms with Crippen molar-refractivity contribution >= 4 is 6.08 Å². The zero-order valence-corrected chi connectivity index (χ0v) is 18.1. The highest BCUT2D eigenvalue weighted by Gasteiger charge is 2.13. The second-order valence-electron chi connectivity index (χ2n) is 8.31. The van der Waals surface area contributed by atoms with Gasteiger partial charge in [-0.15, -0.1) is 0 Å².